The molecule has 8 nitrogen and oxygen atoms in total. The summed E-state index contributed by atoms with van der Waals surface area (Å²) in [6, 6.07) is 3.23. The van der Waals surface area contributed by atoms with Crippen LogP contribution in [0, 0.1) is 5.92 Å². The molecular formula is C16H22N4O4. The summed E-state index contributed by atoms with van der Waals surface area (Å²) < 4.78 is 5.21. The van der Waals surface area contributed by atoms with Gasteiger partial charge in [-0.25, -0.2) is 0 Å². The van der Waals surface area contributed by atoms with E-state index in [-0.39, 0.29) is 24.2 Å². The van der Waals surface area contributed by atoms with Gasteiger partial charge in [-0.05, 0) is 18.1 Å². The minimum absolute atomic E-state index is 0.0259. The van der Waals surface area contributed by atoms with Crippen molar-refractivity contribution in [3.05, 3.63) is 30.1 Å². The first-order valence-corrected chi connectivity index (χ1v) is 7.91. The molecule has 2 N–H and O–H groups in total. The Bertz CT molecular complexity index is 573. The summed E-state index contributed by atoms with van der Waals surface area (Å²) in [7, 11) is 0. The number of rotatable bonds is 5. The summed E-state index contributed by atoms with van der Waals surface area (Å²) in [4.78, 5) is 41.3. The summed E-state index contributed by atoms with van der Waals surface area (Å²) >= 11 is 0. The van der Waals surface area contributed by atoms with Crippen molar-refractivity contribution >= 4 is 17.7 Å². The number of carbonyl (C=O) groups is 3. The third kappa shape index (κ3) is 5.62. The molecule has 1 aliphatic heterocycles. The topological polar surface area (TPSA) is 101 Å². The number of hydrazine groups is 1. The molecule has 24 heavy (non-hydrogen) atoms. The summed E-state index contributed by atoms with van der Waals surface area (Å²) in [6.07, 6.45) is 3.42. The zero-order valence-corrected chi connectivity index (χ0v) is 13.7. The molecule has 0 radical (unpaired) electrons. The van der Waals surface area contributed by atoms with Crippen LogP contribution in [0.2, 0.25) is 0 Å². The zero-order valence-electron chi connectivity index (χ0n) is 13.7. The van der Waals surface area contributed by atoms with Crippen molar-refractivity contribution in [2.45, 2.75) is 19.8 Å². The lowest BCUT2D eigenvalue weighted by Gasteiger charge is -2.27. The lowest BCUT2D eigenvalue weighted by atomic mass is 10.0. The van der Waals surface area contributed by atoms with Crippen LogP contribution in [0.3, 0.4) is 0 Å². The number of hydrogen-bond donors (Lipinski definition) is 2. The maximum atomic E-state index is 12.1. The molecular weight excluding hydrogens is 312 g/mol. The molecule has 2 rings (SSSR count). The first-order valence-electron chi connectivity index (χ1n) is 7.91. The average Bonchev–Trinajstić information content (AvgIpc) is 2.61. The van der Waals surface area contributed by atoms with Gasteiger partial charge in [-0.15, -0.1) is 0 Å². The predicted octanol–water partition coefficient (Wildman–Crippen LogP) is 0.118. The van der Waals surface area contributed by atoms with Gasteiger partial charge >= 0.3 is 0 Å². The van der Waals surface area contributed by atoms with Gasteiger partial charge in [-0.2, -0.15) is 0 Å². The van der Waals surface area contributed by atoms with Gasteiger partial charge in [0.05, 0.1) is 18.8 Å². The third-order valence-electron chi connectivity index (χ3n) is 3.66. The van der Waals surface area contributed by atoms with Gasteiger partial charge in [-0.3, -0.25) is 30.2 Å². The zero-order chi connectivity index (χ0) is 17.4. The minimum Gasteiger partial charge on any atom is -0.378 e. The van der Waals surface area contributed by atoms with Crippen LogP contribution in [0.15, 0.2) is 24.5 Å². The second-order valence-corrected chi connectivity index (χ2v) is 5.75. The number of hydrogen-bond acceptors (Lipinski definition) is 5. The summed E-state index contributed by atoms with van der Waals surface area (Å²) in [5.74, 6) is -0.864. The number of nitrogens with one attached hydrogen (secondary N) is 2. The Kier molecular flexibility index (Phi) is 6.68. The van der Waals surface area contributed by atoms with E-state index in [4.69, 9.17) is 4.74 Å². The fraction of sp³-hybridized carbons (Fsp3) is 0.500. The highest BCUT2D eigenvalue weighted by Gasteiger charge is 2.20. The van der Waals surface area contributed by atoms with E-state index in [1.807, 2.05) is 6.92 Å². The molecule has 0 bridgehead atoms. The minimum atomic E-state index is -0.437. The standard InChI is InChI=1S/C16H22N4O4/c1-12(10-15(22)20-5-7-24-8-6-20)9-14(21)18-19-16(23)13-3-2-4-17-11-13/h2-4,11-12H,5-10H2,1H3,(H,18,21)(H,19,23). The highest BCUT2D eigenvalue weighted by Crippen LogP contribution is 2.11. The number of pyridine rings is 1. The lowest BCUT2D eigenvalue weighted by Crippen LogP contribution is -2.43. The van der Waals surface area contributed by atoms with E-state index < -0.39 is 5.91 Å². The highest BCUT2D eigenvalue weighted by molar-refractivity contribution is 5.95. The van der Waals surface area contributed by atoms with Gasteiger partial charge in [0.25, 0.3) is 5.91 Å². The van der Waals surface area contributed by atoms with Crippen molar-refractivity contribution in [1.82, 2.24) is 20.7 Å². The highest BCUT2D eigenvalue weighted by atomic mass is 16.5. The van der Waals surface area contributed by atoms with Crippen LogP contribution in [-0.2, 0) is 14.3 Å². The van der Waals surface area contributed by atoms with E-state index in [0.717, 1.165) is 0 Å². The van der Waals surface area contributed by atoms with Crippen LogP contribution in [0.25, 0.3) is 0 Å². The van der Waals surface area contributed by atoms with Crippen LogP contribution in [0.5, 0.6) is 0 Å². The van der Waals surface area contributed by atoms with E-state index in [1.54, 1.807) is 23.2 Å². The molecule has 1 saturated heterocycles. The molecule has 8 heteroatoms. The van der Waals surface area contributed by atoms with Crippen molar-refractivity contribution in [2.24, 2.45) is 5.92 Å². The van der Waals surface area contributed by atoms with Crippen LogP contribution < -0.4 is 10.9 Å². The Morgan fingerprint density at radius 3 is 2.67 bits per heavy atom. The Morgan fingerprint density at radius 2 is 2.00 bits per heavy atom. The van der Waals surface area contributed by atoms with Crippen molar-refractivity contribution in [2.75, 3.05) is 26.3 Å². The second-order valence-electron chi connectivity index (χ2n) is 5.75. The van der Waals surface area contributed by atoms with E-state index in [2.05, 4.69) is 15.8 Å². The molecule has 130 valence electrons. The monoisotopic (exact) mass is 334 g/mol. The Balaban J connectivity index is 1.69. The average molecular weight is 334 g/mol. The number of morpholine rings is 1. The van der Waals surface area contributed by atoms with Gasteiger partial charge in [0.15, 0.2) is 0 Å². The smallest absolute Gasteiger partial charge is 0.271 e. The number of ether oxygens (including phenoxy) is 1. The molecule has 1 unspecified atom stereocenters. The molecule has 0 spiro atoms. The lowest BCUT2D eigenvalue weighted by molar-refractivity contribution is -0.136. The van der Waals surface area contributed by atoms with Crippen molar-refractivity contribution < 1.29 is 19.1 Å². The van der Waals surface area contributed by atoms with Crippen LogP contribution in [0.1, 0.15) is 30.1 Å². The maximum absolute atomic E-state index is 12.1. The Morgan fingerprint density at radius 1 is 1.25 bits per heavy atom. The summed E-state index contributed by atoms with van der Waals surface area (Å²) in [6.45, 7) is 4.14. The summed E-state index contributed by atoms with van der Waals surface area (Å²) in [5, 5.41) is 0. The number of aromatic nitrogens is 1. The van der Waals surface area contributed by atoms with Gasteiger partial charge in [0.2, 0.25) is 11.8 Å². The molecule has 2 heterocycles. The second kappa shape index (κ2) is 8.97. The molecule has 3 amide bonds. The van der Waals surface area contributed by atoms with Gasteiger partial charge in [0.1, 0.15) is 0 Å². The van der Waals surface area contributed by atoms with Crippen molar-refractivity contribution in [3.8, 4) is 0 Å². The molecule has 1 fully saturated rings. The molecule has 1 aromatic rings. The fourth-order valence-electron chi connectivity index (χ4n) is 2.38. The number of nitrogens with zero attached hydrogens (tertiary/aromatic N) is 2. The van der Waals surface area contributed by atoms with Gasteiger partial charge in [0, 0.05) is 38.3 Å². The number of amides is 3. The normalized spacial score (nSPS) is 15.5. The molecule has 0 aliphatic carbocycles. The summed E-state index contributed by atoms with van der Waals surface area (Å²) in [5.41, 5.74) is 5.04. The van der Waals surface area contributed by atoms with E-state index in [9.17, 15) is 14.4 Å². The molecule has 1 aliphatic rings. The Labute approximate surface area is 140 Å². The Hall–Kier alpha value is -2.48. The molecule has 1 aromatic heterocycles. The maximum Gasteiger partial charge on any atom is 0.271 e. The quantitative estimate of drug-likeness (QED) is 0.745. The van der Waals surface area contributed by atoms with E-state index in [1.165, 1.54) is 6.20 Å². The van der Waals surface area contributed by atoms with Crippen molar-refractivity contribution in [1.29, 1.82) is 0 Å². The first-order chi connectivity index (χ1) is 11.6. The van der Waals surface area contributed by atoms with Crippen LogP contribution >= 0.6 is 0 Å². The first kappa shape index (κ1) is 17.9. The predicted molar refractivity (Wildman–Crippen MR) is 85.6 cm³/mol. The molecule has 0 aromatic carbocycles. The van der Waals surface area contributed by atoms with Crippen molar-refractivity contribution in [3.63, 3.8) is 0 Å². The SMILES string of the molecule is CC(CC(=O)NNC(=O)c1cccnc1)CC(=O)N1CCOCC1. The molecule has 1 atom stereocenters. The van der Waals surface area contributed by atoms with Gasteiger partial charge in [-0.1, -0.05) is 6.92 Å². The molecule has 0 saturated carbocycles. The fourth-order valence-corrected chi connectivity index (χ4v) is 2.38. The van der Waals surface area contributed by atoms with E-state index in [0.29, 0.717) is 38.3 Å². The van der Waals surface area contributed by atoms with Crippen LogP contribution in [0.4, 0.5) is 0 Å². The van der Waals surface area contributed by atoms with E-state index >= 15 is 0 Å². The van der Waals surface area contributed by atoms with Crippen LogP contribution in [-0.4, -0.2) is 53.9 Å². The third-order valence-corrected chi connectivity index (χ3v) is 3.66. The largest absolute Gasteiger partial charge is 0.378 e. The van der Waals surface area contributed by atoms with Gasteiger partial charge < -0.3 is 9.64 Å². The number of carbonyl (C=O) groups excluding carboxylic acids is 3.